The number of aromatic nitrogens is 2. The van der Waals surface area contributed by atoms with Crippen LogP contribution in [0.2, 0.25) is 0 Å². The van der Waals surface area contributed by atoms with Crippen molar-refractivity contribution in [3.8, 4) is 11.3 Å². The maximum absolute atomic E-state index is 12.7. The Morgan fingerprint density at radius 3 is 2.55 bits per heavy atom. The number of ether oxygens (including phenoxy) is 2. The molecule has 3 heterocycles. The molecule has 0 radical (unpaired) electrons. The standard InChI is InChI=1S/C23H31BN2O5/c1-7-29-21(27)19-13-25-26(17-10-11-28-14-17)20(19)18-9-8-16(12-15(18)2)24-30-22(3,4)23(5,6)31-24/h8-9,12-13,17H,7,10-11,14H2,1-6H3/t17-/m0/s1. The van der Waals surface area contributed by atoms with Crippen molar-refractivity contribution in [2.24, 2.45) is 0 Å². The molecular weight excluding hydrogens is 395 g/mol. The number of carbonyl (C=O) groups excluding carboxylic acids is 1. The van der Waals surface area contributed by atoms with Crippen LogP contribution in [0.25, 0.3) is 11.3 Å². The third-order valence-corrected chi connectivity index (χ3v) is 6.57. The summed E-state index contributed by atoms with van der Waals surface area (Å²) in [6.45, 7) is 13.6. The lowest BCUT2D eigenvalue weighted by Gasteiger charge is -2.32. The van der Waals surface area contributed by atoms with Crippen LogP contribution in [-0.2, 0) is 18.8 Å². The summed E-state index contributed by atoms with van der Waals surface area (Å²) in [6, 6.07) is 6.18. The Balaban J connectivity index is 1.73. The van der Waals surface area contributed by atoms with Crippen LogP contribution in [0.4, 0.5) is 0 Å². The van der Waals surface area contributed by atoms with Crippen LogP contribution >= 0.6 is 0 Å². The summed E-state index contributed by atoms with van der Waals surface area (Å²) in [5.41, 5.74) is 3.34. The Bertz CT molecular complexity index is 962. The van der Waals surface area contributed by atoms with Gasteiger partial charge in [0.25, 0.3) is 0 Å². The molecule has 2 fully saturated rings. The molecule has 0 saturated carbocycles. The van der Waals surface area contributed by atoms with E-state index in [0.717, 1.165) is 28.7 Å². The van der Waals surface area contributed by atoms with Gasteiger partial charge in [0.15, 0.2) is 0 Å². The number of esters is 1. The van der Waals surface area contributed by atoms with Crippen LogP contribution in [0.1, 0.15) is 63.0 Å². The highest BCUT2D eigenvalue weighted by Gasteiger charge is 2.51. The lowest BCUT2D eigenvalue weighted by atomic mass is 9.77. The van der Waals surface area contributed by atoms with Gasteiger partial charge in [-0.2, -0.15) is 5.10 Å². The lowest BCUT2D eigenvalue weighted by Crippen LogP contribution is -2.41. The smallest absolute Gasteiger partial charge is 0.462 e. The molecule has 1 aromatic heterocycles. The first-order valence-electron chi connectivity index (χ1n) is 10.9. The van der Waals surface area contributed by atoms with Gasteiger partial charge < -0.3 is 18.8 Å². The molecule has 2 saturated heterocycles. The fraction of sp³-hybridized carbons (Fsp3) is 0.565. The predicted octanol–water partition coefficient (Wildman–Crippen LogP) is 3.30. The molecule has 0 N–H and O–H groups in total. The number of rotatable bonds is 5. The van der Waals surface area contributed by atoms with E-state index < -0.39 is 18.3 Å². The monoisotopic (exact) mass is 426 g/mol. The minimum atomic E-state index is -0.435. The summed E-state index contributed by atoms with van der Waals surface area (Å²) >= 11 is 0. The predicted molar refractivity (Wildman–Crippen MR) is 119 cm³/mol. The van der Waals surface area contributed by atoms with Gasteiger partial charge in [-0.1, -0.05) is 18.2 Å². The first-order chi connectivity index (χ1) is 14.6. The van der Waals surface area contributed by atoms with Crippen molar-refractivity contribution < 1.29 is 23.6 Å². The molecule has 7 nitrogen and oxygen atoms in total. The number of carbonyl (C=O) groups is 1. The van der Waals surface area contributed by atoms with E-state index in [1.54, 1.807) is 13.1 Å². The normalized spacial score (nSPS) is 22.1. The van der Waals surface area contributed by atoms with Crippen molar-refractivity contribution in [2.75, 3.05) is 19.8 Å². The van der Waals surface area contributed by atoms with Crippen LogP contribution in [-0.4, -0.2) is 53.9 Å². The van der Waals surface area contributed by atoms with Crippen LogP contribution in [0.15, 0.2) is 24.4 Å². The minimum Gasteiger partial charge on any atom is -0.462 e. The largest absolute Gasteiger partial charge is 0.494 e. The van der Waals surface area contributed by atoms with E-state index >= 15 is 0 Å². The van der Waals surface area contributed by atoms with Crippen LogP contribution < -0.4 is 5.46 Å². The zero-order chi connectivity index (χ0) is 22.4. The van der Waals surface area contributed by atoms with E-state index in [2.05, 4.69) is 11.2 Å². The molecule has 8 heteroatoms. The minimum absolute atomic E-state index is 0.0975. The quantitative estimate of drug-likeness (QED) is 0.540. The van der Waals surface area contributed by atoms with Crippen LogP contribution in [0, 0.1) is 6.92 Å². The van der Waals surface area contributed by atoms with Crippen molar-refractivity contribution >= 4 is 18.6 Å². The highest BCUT2D eigenvalue weighted by molar-refractivity contribution is 6.62. The second-order valence-electron chi connectivity index (χ2n) is 9.25. The molecule has 2 aliphatic rings. The molecule has 166 valence electrons. The number of nitrogens with zero attached hydrogens (tertiary/aromatic N) is 2. The summed E-state index contributed by atoms with van der Waals surface area (Å²) in [5.74, 6) is -0.364. The van der Waals surface area contributed by atoms with Crippen LogP contribution in [0.5, 0.6) is 0 Å². The first-order valence-corrected chi connectivity index (χ1v) is 10.9. The molecule has 1 aromatic carbocycles. The first kappa shape index (κ1) is 22.1. The van der Waals surface area contributed by atoms with Gasteiger partial charge in [-0.25, -0.2) is 4.79 Å². The average molecular weight is 426 g/mol. The highest BCUT2D eigenvalue weighted by Crippen LogP contribution is 2.37. The van der Waals surface area contributed by atoms with Crippen molar-refractivity contribution in [3.05, 3.63) is 35.5 Å². The van der Waals surface area contributed by atoms with E-state index in [1.807, 2.05) is 51.4 Å². The van der Waals surface area contributed by atoms with E-state index in [-0.39, 0.29) is 12.0 Å². The Hall–Kier alpha value is -2.16. The maximum Gasteiger partial charge on any atom is 0.494 e. The third-order valence-electron chi connectivity index (χ3n) is 6.57. The fourth-order valence-corrected chi connectivity index (χ4v) is 4.06. The average Bonchev–Trinajstić information content (AvgIpc) is 3.40. The molecule has 2 aliphatic heterocycles. The molecule has 2 aromatic rings. The zero-order valence-corrected chi connectivity index (χ0v) is 19.2. The van der Waals surface area contributed by atoms with Gasteiger partial charge in [0.2, 0.25) is 0 Å². The maximum atomic E-state index is 12.7. The Morgan fingerprint density at radius 2 is 1.97 bits per heavy atom. The Kier molecular flexibility index (Phi) is 5.75. The second kappa shape index (κ2) is 8.08. The molecule has 0 bridgehead atoms. The van der Waals surface area contributed by atoms with Gasteiger partial charge in [-0.05, 0) is 59.0 Å². The van der Waals surface area contributed by atoms with Crippen molar-refractivity contribution in [1.29, 1.82) is 0 Å². The second-order valence-corrected chi connectivity index (χ2v) is 9.25. The fourth-order valence-electron chi connectivity index (χ4n) is 4.06. The van der Waals surface area contributed by atoms with Crippen molar-refractivity contribution in [3.63, 3.8) is 0 Å². The van der Waals surface area contributed by atoms with Crippen LogP contribution in [0.3, 0.4) is 0 Å². The van der Waals surface area contributed by atoms with Gasteiger partial charge in [-0.3, -0.25) is 4.68 Å². The third kappa shape index (κ3) is 3.92. The summed E-state index contributed by atoms with van der Waals surface area (Å²) in [7, 11) is -0.435. The summed E-state index contributed by atoms with van der Waals surface area (Å²) in [5, 5.41) is 4.54. The van der Waals surface area contributed by atoms with Gasteiger partial charge in [0, 0.05) is 12.2 Å². The van der Waals surface area contributed by atoms with E-state index in [0.29, 0.717) is 25.4 Å². The highest BCUT2D eigenvalue weighted by atomic mass is 16.7. The lowest BCUT2D eigenvalue weighted by molar-refractivity contribution is 0.00578. The molecule has 0 aliphatic carbocycles. The van der Waals surface area contributed by atoms with Gasteiger partial charge in [0.1, 0.15) is 5.56 Å². The summed E-state index contributed by atoms with van der Waals surface area (Å²) in [4.78, 5) is 12.7. The van der Waals surface area contributed by atoms with E-state index in [9.17, 15) is 4.79 Å². The number of hydrogen-bond acceptors (Lipinski definition) is 6. The number of aryl methyl sites for hydroxylation is 1. The zero-order valence-electron chi connectivity index (χ0n) is 19.2. The Labute approximate surface area is 184 Å². The summed E-state index contributed by atoms with van der Waals surface area (Å²) < 4.78 is 25.2. The van der Waals surface area contributed by atoms with Gasteiger partial charge >= 0.3 is 13.1 Å². The molecular formula is C23H31BN2O5. The molecule has 31 heavy (non-hydrogen) atoms. The molecule has 0 unspecified atom stereocenters. The molecule has 0 spiro atoms. The van der Waals surface area contributed by atoms with E-state index in [4.69, 9.17) is 18.8 Å². The number of hydrogen-bond donors (Lipinski definition) is 0. The number of benzene rings is 1. The molecule has 4 rings (SSSR count). The molecule has 0 amide bonds. The van der Waals surface area contributed by atoms with Gasteiger partial charge in [0.05, 0.1) is 42.3 Å². The summed E-state index contributed by atoms with van der Waals surface area (Å²) in [6.07, 6.45) is 2.47. The topological polar surface area (TPSA) is 71.8 Å². The van der Waals surface area contributed by atoms with Gasteiger partial charge in [-0.15, -0.1) is 0 Å². The SMILES string of the molecule is CCOC(=O)c1cnn([C@H]2CCOC2)c1-c1ccc(B2OC(C)(C)C(C)(C)O2)cc1C. The molecule has 1 atom stereocenters. The Morgan fingerprint density at radius 1 is 1.26 bits per heavy atom. The van der Waals surface area contributed by atoms with Crippen molar-refractivity contribution in [2.45, 2.75) is 65.2 Å². The van der Waals surface area contributed by atoms with Crippen molar-refractivity contribution in [1.82, 2.24) is 9.78 Å². The van der Waals surface area contributed by atoms with E-state index in [1.165, 1.54) is 0 Å².